The van der Waals surface area contributed by atoms with Gasteiger partial charge < -0.3 is 4.84 Å². The maximum atomic E-state index is 14.0. The second-order valence-corrected chi connectivity index (χ2v) is 8.20. The van der Waals surface area contributed by atoms with Gasteiger partial charge in [0.25, 0.3) is 0 Å². The molecule has 3 nitrogen and oxygen atoms in total. The Labute approximate surface area is 222 Å². The number of halogens is 3. The van der Waals surface area contributed by atoms with Crippen LogP contribution >= 0.6 is 0 Å². The molecular formula is C28H35F3N2O. The minimum Gasteiger partial charge on any atom is -0.391 e. The summed E-state index contributed by atoms with van der Waals surface area (Å²) >= 11 is 0. The molecule has 0 atom stereocenters. The van der Waals surface area contributed by atoms with Gasteiger partial charge in [-0.25, -0.2) is 0 Å². The molecule has 0 aromatic heterocycles. The first kappa shape index (κ1) is 12.1. The molecule has 2 fully saturated rings. The van der Waals surface area contributed by atoms with E-state index in [1.807, 2.05) is 0 Å². The predicted octanol–water partition coefficient (Wildman–Crippen LogP) is 7.46. The summed E-state index contributed by atoms with van der Waals surface area (Å²) in [6, 6.07) is 6.07. The van der Waals surface area contributed by atoms with Gasteiger partial charge in [0, 0.05) is 27.1 Å². The fourth-order valence-electron chi connectivity index (χ4n) is 4.14. The molecule has 2 aromatic carbocycles. The molecule has 0 bridgehead atoms. The van der Waals surface area contributed by atoms with Gasteiger partial charge in [-0.05, 0) is 91.3 Å². The number of oxime groups is 1. The lowest BCUT2D eigenvalue weighted by Crippen LogP contribution is -2.36. The summed E-state index contributed by atoms with van der Waals surface area (Å²) in [6.45, 7) is -16.3. The topological polar surface area (TPSA) is 24.8 Å². The third-order valence-corrected chi connectivity index (χ3v) is 5.90. The Balaban J connectivity index is 1.76. The van der Waals surface area contributed by atoms with Crippen LogP contribution in [0.15, 0.2) is 41.6 Å². The van der Waals surface area contributed by atoms with E-state index < -0.39 is 86.7 Å². The second kappa shape index (κ2) is 10.9. The van der Waals surface area contributed by atoms with Crippen LogP contribution in [0.25, 0.3) is 0 Å². The van der Waals surface area contributed by atoms with Crippen LogP contribution in [0.1, 0.15) is 112 Å². The van der Waals surface area contributed by atoms with Gasteiger partial charge in [0.15, 0.2) is 0 Å². The highest BCUT2D eigenvalue weighted by atomic mass is 19.4. The molecule has 1 aliphatic carbocycles. The van der Waals surface area contributed by atoms with Crippen LogP contribution in [0.2, 0.25) is 0 Å². The van der Waals surface area contributed by atoms with E-state index in [9.17, 15) is 13.2 Å². The maximum absolute atomic E-state index is 14.0. The largest absolute Gasteiger partial charge is 0.416 e. The average molecular weight is 488 g/mol. The lowest BCUT2D eigenvalue weighted by atomic mass is 9.81. The third-order valence-electron chi connectivity index (χ3n) is 5.90. The Morgan fingerprint density at radius 3 is 2.71 bits per heavy atom. The van der Waals surface area contributed by atoms with Crippen LogP contribution in [-0.2, 0) is 30.5 Å². The van der Waals surface area contributed by atoms with Crippen molar-refractivity contribution in [3.05, 3.63) is 69.8 Å². The molecule has 0 N–H and O–H groups in total. The third kappa shape index (κ3) is 6.01. The van der Waals surface area contributed by atoms with E-state index in [1.165, 1.54) is 12.1 Å². The quantitative estimate of drug-likeness (QED) is 0.285. The van der Waals surface area contributed by atoms with Gasteiger partial charge in [0.05, 0.1) is 11.3 Å². The highest BCUT2D eigenvalue weighted by Crippen LogP contribution is 2.41. The molecule has 0 spiro atoms. The highest BCUT2D eigenvalue weighted by molar-refractivity contribution is 5.98. The Morgan fingerprint density at radius 2 is 1.97 bits per heavy atom. The van der Waals surface area contributed by atoms with E-state index in [-0.39, 0.29) is 21.9 Å². The van der Waals surface area contributed by atoms with Gasteiger partial charge in [-0.3, -0.25) is 4.90 Å². The number of benzene rings is 2. The first-order valence-corrected chi connectivity index (χ1v) is 10.9. The molecule has 6 heteroatoms. The summed E-state index contributed by atoms with van der Waals surface area (Å²) in [4.78, 5) is 5.23. The van der Waals surface area contributed by atoms with E-state index in [4.69, 9.17) is 25.4 Å². The Hall–Kier alpha value is -2.34. The molecule has 1 saturated heterocycles. The molecule has 0 radical (unpaired) electrons. The zero-order valence-corrected chi connectivity index (χ0v) is 18.3. The van der Waals surface area contributed by atoms with E-state index in [0.717, 1.165) is 37.5 Å². The molecule has 184 valence electrons. The van der Waals surface area contributed by atoms with Crippen molar-refractivity contribution < 1.29 is 38.6 Å². The molecule has 34 heavy (non-hydrogen) atoms. The Kier molecular flexibility index (Phi) is 3.88. The number of nitrogens with zero attached hydrogens (tertiary/aromatic N) is 2. The van der Waals surface area contributed by atoms with E-state index in [1.54, 1.807) is 0 Å². The van der Waals surface area contributed by atoms with E-state index >= 15 is 0 Å². The fraction of sp³-hybridized carbons (Fsp3) is 0.536. The van der Waals surface area contributed by atoms with Crippen molar-refractivity contribution in [2.24, 2.45) is 5.16 Å². The maximum Gasteiger partial charge on any atom is 0.416 e. The molecule has 2 aromatic rings. The minimum atomic E-state index is -4.67. The second-order valence-electron chi connectivity index (χ2n) is 8.20. The first-order valence-electron chi connectivity index (χ1n) is 18.5. The van der Waals surface area contributed by atoms with Crippen molar-refractivity contribution in [2.75, 3.05) is 13.0 Å². The Morgan fingerprint density at radius 1 is 1.15 bits per heavy atom. The van der Waals surface area contributed by atoms with Crippen LogP contribution in [-0.4, -0.2) is 23.6 Å². The normalized spacial score (nSPS) is 29.7. The molecule has 1 aliphatic heterocycles. The minimum absolute atomic E-state index is 0.0225. The van der Waals surface area contributed by atoms with Crippen LogP contribution in [0.5, 0.6) is 0 Å². The van der Waals surface area contributed by atoms with Crippen molar-refractivity contribution in [1.29, 1.82) is 0 Å². The Bertz CT molecular complexity index is 1550. The summed E-state index contributed by atoms with van der Waals surface area (Å²) in [7, 11) is 0. The fourth-order valence-corrected chi connectivity index (χ4v) is 4.14. The van der Waals surface area contributed by atoms with Crippen molar-refractivity contribution >= 4 is 5.71 Å². The standard InChI is InChI=1S/C28H35F3N2O/c1-3-22-17-24(11-12-25(22)18-33-14-7-15-33)20(2)32-34-19-21-10-13-26(23-8-5-4-6-9-23)27(16-21)28(29,30)31/h10-13,16-17,23H,3-9,14-15,18-19H2,1-2H3/b32-20+/i1D3,2D3,3D2,7D,14D2,15D2,18D2. The number of likely N-dealkylation sites (tertiary alicyclic amines) is 1. The smallest absolute Gasteiger partial charge is 0.391 e. The van der Waals surface area contributed by atoms with Crippen molar-refractivity contribution in [1.82, 2.24) is 4.90 Å². The molecule has 0 unspecified atom stereocenters. The lowest BCUT2D eigenvalue weighted by Gasteiger charge is -2.31. The van der Waals surface area contributed by atoms with Crippen molar-refractivity contribution in [2.45, 2.75) is 83.8 Å². The first-order chi connectivity index (χ1) is 22.2. The average Bonchev–Trinajstić information content (AvgIpc) is 2.97. The molecule has 1 heterocycles. The molecule has 4 rings (SSSR count). The number of hydrogen-bond donors (Lipinski definition) is 0. The van der Waals surface area contributed by atoms with Gasteiger partial charge in [-0.1, -0.05) is 55.5 Å². The van der Waals surface area contributed by atoms with Crippen LogP contribution in [0.3, 0.4) is 0 Å². The van der Waals surface area contributed by atoms with Gasteiger partial charge in [0.2, 0.25) is 0 Å². The molecule has 0 amide bonds. The van der Waals surface area contributed by atoms with Gasteiger partial charge in [-0.15, -0.1) is 0 Å². The van der Waals surface area contributed by atoms with E-state index in [2.05, 4.69) is 5.16 Å². The van der Waals surface area contributed by atoms with Crippen molar-refractivity contribution in [3.8, 4) is 0 Å². The summed E-state index contributed by atoms with van der Waals surface area (Å²) in [5, 5.41) is 3.62. The predicted molar refractivity (Wildman–Crippen MR) is 130 cm³/mol. The molecular weight excluding hydrogens is 437 g/mol. The van der Waals surface area contributed by atoms with Crippen LogP contribution < -0.4 is 0 Å². The van der Waals surface area contributed by atoms with E-state index in [0.29, 0.717) is 18.9 Å². The molecule has 1 saturated carbocycles. The van der Waals surface area contributed by atoms with Gasteiger partial charge in [-0.2, -0.15) is 13.2 Å². The molecule has 2 aliphatic rings. The number of alkyl halides is 3. The highest BCUT2D eigenvalue weighted by Gasteiger charge is 2.35. The summed E-state index contributed by atoms with van der Waals surface area (Å²) in [6.07, 6.45) is -6.33. The summed E-state index contributed by atoms with van der Waals surface area (Å²) < 4.78 is 163. The number of rotatable bonds is 8. The zero-order valence-electron chi connectivity index (χ0n) is 33.3. The van der Waals surface area contributed by atoms with Gasteiger partial charge >= 0.3 is 6.18 Å². The van der Waals surface area contributed by atoms with Gasteiger partial charge in [0.1, 0.15) is 6.61 Å². The summed E-state index contributed by atoms with van der Waals surface area (Å²) in [5.74, 6) is -0.258. The monoisotopic (exact) mass is 487 g/mol. The van der Waals surface area contributed by atoms with Crippen molar-refractivity contribution in [3.63, 3.8) is 0 Å². The van der Waals surface area contributed by atoms with Crippen LogP contribution in [0.4, 0.5) is 13.2 Å². The lowest BCUT2D eigenvalue weighted by molar-refractivity contribution is -0.138. The number of hydrogen-bond acceptors (Lipinski definition) is 3. The van der Waals surface area contributed by atoms with Crippen LogP contribution in [0, 0.1) is 0 Å². The zero-order chi connectivity index (χ0) is 37.2. The summed E-state index contributed by atoms with van der Waals surface area (Å²) in [5.41, 5.74) is -3.82. The number of aryl methyl sites for hydroxylation is 1. The SMILES string of the molecule is [2H]C1C([2H])([2H])N(C([2H])([2H])c2ccc(/C(=N/OCc3ccc(C4CCCCC4)c(C(F)(F)F)c3)C([2H])([2H])[2H])cc2C([2H])([2H])C([2H])([2H])[2H])C1([2H])[2H].